The number of para-hydroxylation sites is 1. The molecule has 5 rings (SSSR count). The number of H-pyrrole nitrogens is 1. The Hall–Kier alpha value is -2.32. The van der Waals surface area contributed by atoms with Crippen molar-refractivity contribution in [3.05, 3.63) is 65.9 Å². The molecule has 0 saturated carbocycles. The first-order valence-electron chi connectivity index (χ1n) is 9.60. The average Bonchev–Trinajstić information content (AvgIpc) is 3.20. The number of imidazole rings is 1. The highest BCUT2D eigenvalue weighted by Crippen LogP contribution is 2.24. The lowest BCUT2D eigenvalue weighted by Crippen LogP contribution is -2.40. The second kappa shape index (κ2) is 10.3. The maximum atomic E-state index is 12.7. The second-order valence-corrected chi connectivity index (χ2v) is 7.93. The molecule has 1 aliphatic rings. The Morgan fingerprint density at radius 1 is 1.00 bits per heavy atom. The Kier molecular flexibility index (Phi) is 7.78. The third-order valence-electron chi connectivity index (χ3n) is 5.02. The van der Waals surface area contributed by atoms with Crippen molar-refractivity contribution in [3.63, 3.8) is 0 Å². The number of fused-ring (bicyclic) bond motifs is 2. The summed E-state index contributed by atoms with van der Waals surface area (Å²) in [5.74, 6) is 0.767. The zero-order chi connectivity index (χ0) is 19.6. The highest BCUT2D eigenvalue weighted by atomic mass is 35.5. The lowest BCUT2D eigenvalue weighted by molar-refractivity contribution is 0.0303. The highest BCUT2D eigenvalue weighted by molar-refractivity contribution is 7.98. The van der Waals surface area contributed by atoms with E-state index in [1.165, 1.54) is 0 Å². The van der Waals surface area contributed by atoms with Gasteiger partial charge in [0.05, 0.1) is 35.5 Å². The number of carbonyl (C=O) groups is 1. The SMILES string of the molecule is Cl.Cl.O=C(c1ccc2nc(SCc3ccc4ccccc4n3)[nH]c2c1)N1CCOCC1. The van der Waals surface area contributed by atoms with Crippen molar-refractivity contribution in [1.29, 1.82) is 0 Å². The molecule has 0 atom stereocenters. The van der Waals surface area contributed by atoms with Gasteiger partial charge in [-0.3, -0.25) is 9.78 Å². The van der Waals surface area contributed by atoms with E-state index in [9.17, 15) is 4.79 Å². The molecule has 1 saturated heterocycles. The van der Waals surface area contributed by atoms with Crippen LogP contribution in [0.25, 0.3) is 21.9 Å². The molecule has 4 aromatic rings. The van der Waals surface area contributed by atoms with E-state index in [0.29, 0.717) is 31.9 Å². The van der Waals surface area contributed by atoms with Crippen molar-refractivity contribution >= 4 is 64.4 Å². The maximum Gasteiger partial charge on any atom is 0.254 e. The smallest absolute Gasteiger partial charge is 0.254 e. The quantitative estimate of drug-likeness (QED) is 0.431. The average molecular weight is 477 g/mol. The lowest BCUT2D eigenvalue weighted by Gasteiger charge is -2.26. The Morgan fingerprint density at radius 3 is 2.65 bits per heavy atom. The fraction of sp³-hybridized carbons (Fsp3) is 0.227. The number of thioether (sulfide) groups is 1. The van der Waals surface area contributed by atoms with E-state index in [1.54, 1.807) is 11.8 Å². The highest BCUT2D eigenvalue weighted by Gasteiger charge is 2.19. The molecule has 1 fully saturated rings. The van der Waals surface area contributed by atoms with Gasteiger partial charge in [0, 0.05) is 29.8 Å². The molecule has 1 N–H and O–H groups in total. The fourth-order valence-corrected chi connectivity index (χ4v) is 4.26. The summed E-state index contributed by atoms with van der Waals surface area (Å²) in [5, 5.41) is 1.97. The Balaban J connectivity index is 0.00000136. The number of carbonyl (C=O) groups excluding carboxylic acids is 1. The first kappa shape index (κ1) is 23.3. The van der Waals surface area contributed by atoms with Gasteiger partial charge in [-0.15, -0.1) is 24.8 Å². The van der Waals surface area contributed by atoms with E-state index in [1.807, 2.05) is 41.3 Å². The minimum Gasteiger partial charge on any atom is -0.378 e. The van der Waals surface area contributed by atoms with Crippen LogP contribution in [-0.2, 0) is 10.5 Å². The van der Waals surface area contributed by atoms with Gasteiger partial charge in [-0.25, -0.2) is 4.98 Å². The van der Waals surface area contributed by atoms with Crippen molar-refractivity contribution in [1.82, 2.24) is 19.9 Å². The number of aromatic amines is 1. The molecule has 1 amide bonds. The molecule has 9 heteroatoms. The third kappa shape index (κ3) is 5.13. The van der Waals surface area contributed by atoms with E-state index in [0.717, 1.165) is 38.5 Å². The molecule has 31 heavy (non-hydrogen) atoms. The summed E-state index contributed by atoms with van der Waals surface area (Å²) in [4.78, 5) is 27.2. The van der Waals surface area contributed by atoms with Crippen LogP contribution < -0.4 is 0 Å². The van der Waals surface area contributed by atoms with E-state index in [2.05, 4.69) is 28.2 Å². The van der Waals surface area contributed by atoms with Crippen LogP contribution in [0.15, 0.2) is 59.8 Å². The molecule has 6 nitrogen and oxygen atoms in total. The van der Waals surface area contributed by atoms with E-state index in [4.69, 9.17) is 9.72 Å². The van der Waals surface area contributed by atoms with Crippen LogP contribution in [0.2, 0.25) is 0 Å². The van der Waals surface area contributed by atoms with Crippen LogP contribution in [0.5, 0.6) is 0 Å². The van der Waals surface area contributed by atoms with Crippen LogP contribution in [0, 0.1) is 0 Å². The molecular formula is C22H22Cl2N4O2S. The zero-order valence-corrected chi connectivity index (χ0v) is 19.1. The fourth-order valence-electron chi connectivity index (χ4n) is 3.47. The molecule has 1 aliphatic heterocycles. The number of aromatic nitrogens is 3. The van der Waals surface area contributed by atoms with Gasteiger partial charge in [0.1, 0.15) is 0 Å². The molecule has 3 heterocycles. The van der Waals surface area contributed by atoms with Gasteiger partial charge < -0.3 is 14.6 Å². The number of hydrogen-bond donors (Lipinski definition) is 1. The minimum atomic E-state index is 0. The molecule has 2 aromatic carbocycles. The van der Waals surface area contributed by atoms with Gasteiger partial charge in [-0.1, -0.05) is 36.0 Å². The monoisotopic (exact) mass is 476 g/mol. The van der Waals surface area contributed by atoms with E-state index >= 15 is 0 Å². The van der Waals surface area contributed by atoms with Crippen molar-refractivity contribution < 1.29 is 9.53 Å². The molecule has 2 aromatic heterocycles. The molecule has 0 spiro atoms. The topological polar surface area (TPSA) is 71.1 Å². The zero-order valence-electron chi connectivity index (χ0n) is 16.6. The van der Waals surface area contributed by atoms with Crippen LogP contribution in [0.3, 0.4) is 0 Å². The summed E-state index contributed by atoms with van der Waals surface area (Å²) in [6, 6.07) is 17.9. The standard InChI is InChI=1S/C22H20N4O2S.2ClH/c27-21(26-9-11-28-12-10-26)16-6-8-19-20(13-16)25-22(24-19)29-14-17-7-5-15-3-1-2-4-18(15)23-17;;/h1-8,13H,9-12,14H2,(H,24,25);2*1H. The number of benzene rings is 2. The predicted octanol–water partition coefficient (Wildman–Crippen LogP) is 4.72. The summed E-state index contributed by atoms with van der Waals surface area (Å²) in [6.45, 7) is 2.47. The number of nitrogens with one attached hydrogen (secondary N) is 1. The number of pyridine rings is 1. The molecule has 0 unspecified atom stereocenters. The molecule has 162 valence electrons. The summed E-state index contributed by atoms with van der Waals surface area (Å²) in [7, 11) is 0. The number of nitrogens with zero attached hydrogens (tertiary/aromatic N) is 3. The number of hydrogen-bond acceptors (Lipinski definition) is 5. The maximum absolute atomic E-state index is 12.7. The third-order valence-corrected chi connectivity index (χ3v) is 5.93. The van der Waals surface area contributed by atoms with Gasteiger partial charge in [0.25, 0.3) is 5.91 Å². The van der Waals surface area contributed by atoms with Crippen LogP contribution in [-0.4, -0.2) is 52.1 Å². The van der Waals surface area contributed by atoms with Gasteiger partial charge in [-0.2, -0.15) is 0 Å². The lowest BCUT2D eigenvalue weighted by atomic mass is 10.1. The molecular weight excluding hydrogens is 455 g/mol. The Morgan fingerprint density at radius 2 is 1.81 bits per heavy atom. The number of rotatable bonds is 4. The molecule has 0 radical (unpaired) electrons. The van der Waals surface area contributed by atoms with Crippen molar-refractivity contribution in [3.8, 4) is 0 Å². The number of ether oxygens (including phenoxy) is 1. The van der Waals surface area contributed by atoms with Gasteiger partial charge in [0.15, 0.2) is 5.16 Å². The number of halogens is 2. The first-order valence-corrected chi connectivity index (χ1v) is 10.6. The van der Waals surface area contributed by atoms with Crippen molar-refractivity contribution in [2.75, 3.05) is 26.3 Å². The van der Waals surface area contributed by atoms with E-state index in [-0.39, 0.29) is 30.7 Å². The normalized spacial score (nSPS) is 13.6. The summed E-state index contributed by atoms with van der Waals surface area (Å²) < 4.78 is 5.33. The summed E-state index contributed by atoms with van der Waals surface area (Å²) >= 11 is 1.61. The summed E-state index contributed by atoms with van der Waals surface area (Å²) in [6.07, 6.45) is 0. The number of amides is 1. The van der Waals surface area contributed by atoms with Crippen molar-refractivity contribution in [2.24, 2.45) is 0 Å². The van der Waals surface area contributed by atoms with Gasteiger partial charge in [-0.05, 0) is 30.3 Å². The van der Waals surface area contributed by atoms with Crippen LogP contribution >= 0.6 is 36.6 Å². The summed E-state index contributed by atoms with van der Waals surface area (Å²) in [5.41, 5.74) is 4.42. The Labute approximate surface area is 196 Å². The minimum absolute atomic E-state index is 0. The van der Waals surface area contributed by atoms with Crippen LogP contribution in [0.4, 0.5) is 0 Å². The largest absolute Gasteiger partial charge is 0.378 e. The van der Waals surface area contributed by atoms with Crippen molar-refractivity contribution in [2.45, 2.75) is 10.9 Å². The van der Waals surface area contributed by atoms with Crippen LogP contribution in [0.1, 0.15) is 16.1 Å². The Bertz CT molecular complexity index is 1190. The van der Waals surface area contributed by atoms with E-state index < -0.39 is 0 Å². The predicted molar refractivity (Wildman–Crippen MR) is 129 cm³/mol. The van der Waals surface area contributed by atoms with Gasteiger partial charge >= 0.3 is 0 Å². The molecule has 0 aliphatic carbocycles. The number of morpholine rings is 1. The molecule has 0 bridgehead atoms. The second-order valence-electron chi connectivity index (χ2n) is 6.96. The first-order chi connectivity index (χ1) is 14.3. The van der Waals surface area contributed by atoms with Gasteiger partial charge in [0.2, 0.25) is 0 Å².